The van der Waals surface area contributed by atoms with E-state index in [-0.39, 0.29) is 12.4 Å². The fourth-order valence-corrected chi connectivity index (χ4v) is 2.56. The van der Waals surface area contributed by atoms with Gasteiger partial charge >= 0.3 is 0 Å². The number of rotatable bonds is 7. The Bertz CT molecular complexity index is 943. The van der Waals surface area contributed by atoms with Gasteiger partial charge in [0.1, 0.15) is 17.1 Å². The van der Waals surface area contributed by atoms with E-state index in [9.17, 15) is 13.6 Å². The molecule has 0 atom stereocenters. The van der Waals surface area contributed by atoms with E-state index in [1.54, 1.807) is 0 Å². The number of amides is 1. The third-order valence-electron chi connectivity index (χ3n) is 3.84. The summed E-state index contributed by atoms with van der Waals surface area (Å²) in [6.45, 7) is 0.512. The number of halogens is 2. The summed E-state index contributed by atoms with van der Waals surface area (Å²) in [5.74, 6) is -2.77. The lowest BCUT2D eigenvalue weighted by Gasteiger charge is -2.10. The number of carbonyl (C=O) groups is 1. The lowest BCUT2D eigenvalue weighted by Crippen LogP contribution is -2.16. The van der Waals surface area contributed by atoms with Gasteiger partial charge in [-0.3, -0.25) is 4.79 Å². The number of benzene rings is 3. The monoisotopic (exact) mass is 357 g/mol. The molecule has 0 fully saturated rings. The van der Waals surface area contributed by atoms with Gasteiger partial charge in [0, 0.05) is 6.42 Å². The van der Waals surface area contributed by atoms with Crippen LogP contribution in [-0.2, 0) is 0 Å². The second kappa shape index (κ2) is 7.82. The Morgan fingerprint density at radius 1 is 0.923 bits per heavy atom. The highest BCUT2D eigenvalue weighted by Gasteiger charge is 2.19. The molecule has 4 nitrogen and oxygen atoms in total. The summed E-state index contributed by atoms with van der Waals surface area (Å²) in [5, 5.41) is 2.20. The van der Waals surface area contributed by atoms with Crippen molar-refractivity contribution in [2.24, 2.45) is 5.73 Å². The maximum Gasteiger partial charge on any atom is 0.254 e. The molecular formula is C20H17F2NO3. The van der Waals surface area contributed by atoms with Crippen LogP contribution in [-0.4, -0.2) is 19.1 Å². The molecule has 3 aromatic rings. The van der Waals surface area contributed by atoms with Gasteiger partial charge in [-0.1, -0.05) is 30.3 Å². The zero-order valence-corrected chi connectivity index (χ0v) is 13.9. The topological polar surface area (TPSA) is 61.6 Å². The third kappa shape index (κ3) is 3.91. The van der Waals surface area contributed by atoms with E-state index in [0.29, 0.717) is 13.0 Å². The van der Waals surface area contributed by atoms with Crippen LogP contribution in [0, 0.1) is 11.6 Å². The van der Waals surface area contributed by atoms with Crippen molar-refractivity contribution in [2.45, 2.75) is 6.42 Å². The lowest BCUT2D eigenvalue weighted by molar-refractivity contribution is 0.0991. The van der Waals surface area contributed by atoms with Gasteiger partial charge in [-0.25, -0.2) is 8.78 Å². The molecule has 2 N–H and O–H groups in total. The molecule has 0 aromatic heterocycles. The van der Waals surface area contributed by atoms with Crippen LogP contribution >= 0.6 is 0 Å². The number of carbonyl (C=O) groups excluding carboxylic acids is 1. The maximum atomic E-state index is 14.0. The minimum atomic E-state index is -1.18. The molecular weight excluding hydrogens is 340 g/mol. The Labute approximate surface area is 149 Å². The Morgan fingerprint density at radius 3 is 2.42 bits per heavy atom. The molecule has 0 bridgehead atoms. The molecule has 0 unspecified atom stereocenters. The van der Waals surface area contributed by atoms with E-state index in [1.807, 2.05) is 42.5 Å². The standard InChI is InChI=1S/C20H17F2NO3/c21-16-8-9-17(19(22)18(16)20(23)24)26-11-3-10-25-15-7-6-13-4-1-2-5-14(13)12-15/h1-2,4-9,12H,3,10-11H2,(H2,23,24). The van der Waals surface area contributed by atoms with Crippen LogP contribution in [0.4, 0.5) is 8.78 Å². The normalized spacial score (nSPS) is 10.7. The SMILES string of the molecule is NC(=O)c1c(F)ccc(OCCCOc2ccc3ccccc3c2)c1F. The predicted molar refractivity (Wildman–Crippen MR) is 94.4 cm³/mol. The Morgan fingerprint density at radius 2 is 1.65 bits per heavy atom. The molecule has 0 saturated carbocycles. The van der Waals surface area contributed by atoms with Gasteiger partial charge < -0.3 is 15.2 Å². The molecule has 134 valence electrons. The van der Waals surface area contributed by atoms with Crippen molar-refractivity contribution < 1.29 is 23.0 Å². The molecule has 26 heavy (non-hydrogen) atoms. The van der Waals surface area contributed by atoms with E-state index in [1.165, 1.54) is 0 Å². The summed E-state index contributed by atoms with van der Waals surface area (Å²) in [6, 6.07) is 15.8. The molecule has 0 aliphatic heterocycles. The number of ether oxygens (including phenoxy) is 2. The molecule has 0 aliphatic carbocycles. The van der Waals surface area contributed by atoms with Gasteiger partial charge in [-0.05, 0) is 35.0 Å². The first-order valence-electron chi connectivity index (χ1n) is 8.08. The second-order valence-corrected chi connectivity index (χ2v) is 5.66. The van der Waals surface area contributed by atoms with Crippen LogP contribution in [0.25, 0.3) is 10.8 Å². The molecule has 1 amide bonds. The van der Waals surface area contributed by atoms with E-state index in [2.05, 4.69) is 0 Å². The molecule has 3 aromatic carbocycles. The number of primary amides is 1. The highest BCUT2D eigenvalue weighted by molar-refractivity contribution is 5.93. The van der Waals surface area contributed by atoms with Gasteiger partial charge in [0.15, 0.2) is 11.6 Å². The van der Waals surface area contributed by atoms with Crippen LogP contribution in [0.5, 0.6) is 11.5 Å². The fourth-order valence-electron chi connectivity index (χ4n) is 2.56. The van der Waals surface area contributed by atoms with E-state index >= 15 is 0 Å². The van der Waals surface area contributed by atoms with Crippen molar-refractivity contribution in [3.8, 4) is 11.5 Å². The van der Waals surface area contributed by atoms with E-state index in [0.717, 1.165) is 28.7 Å². The Balaban J connectivity index is 1.52. The van der Waals surface area contributed by atoms with Crippen LogP contribution in [0.3, 0.4) is 0 Å². The Hall–Kier alpha value is -3.15. The molecule has 0 radical (unpaired) electrons. The number of hydrogen-bond donors (Lipinski definition) is 1. The van der Waals surface area contributed by atoms with Gasteiger partial charge in [-0.2, -0.15) is 0 Å². The summed E-state index contributed by atoms with van der Waals surface area (Å²) in [7, 11) is 0. The first kappa shape index (κ1) is 17.7. The quantitative estimate of drug-likeness (QED) is 0.649. The van der Waals surface area contributed by atoms with Crippen LogP contribution in [0.2, 0.25) is 0 Å². The van der Waals surface area contributed by atoms with Crippen molar-refractivity contribution in [1.82, 2.24) is 0 Å². The molecule has 0 aliphatic rings. The molecule has 0 spiro atoms. The minimum absolute atomic E-state index is 0.147. The smallest absolute Gasteiger partial charge is 0.254 e. The average molecular weight is 357 g/mol. The summed E-state index contributed by atoms with van der Waals surface area (Å²) in [5.41, 5.74) is 4.17. The largest absolute Gasteiger partial charge is 0.493 e. The molecule has 3 rings (SSSR count). The van der Waals surface area contributed by atoms with Crippen molar-refractivity contribution >= 4 is 16.7 Å². The van der Waals surface area contributed by atoms with Gasteiger partial charge in [-0.15, -0.1) is 0 Å². The van der Waals surface area contributed by atoms with Crippen LogP contribution in [0.15, 0.2) is 54.6 Å². The number of hydrogen-bond acceptors (Lipinski definition) is 3. The number of nitrogens with two attached hydrogens (primary N) is 1. The third-order valence-corrected chi connectivity index (χ3v) is 3.84. The minimum Gasteiger partial charge on any atom is -0.493 e. The van der Waals surface area contributed by atoms with Crippen molar-refractivity contribution in [3.63, 3.8) is 0 Å². The molecule has 0 saturated heterocycles. The van der Waals surface area contributed by atoms with Crippen molar-refractivity contribution in [3.05, 3.63) is 71.8 Å². The van der Waals surface area contributed by atoms with Crippen molar-refractivity contribution in [1.29, 1.82) is 0 Å². The average Bonchev–Trinajstić information content (AvgIpc) is 2.62. The molecule has 0 heterocycles. The highest BCUT2D eigenvalue weighted by atomic mass is 19.1. The first-order chi connectivity index (χ1) is 12.6. The summed E-state index contributed by atoms with van der Waals surface area (Å²) < 4.78 is 38.3. The van der Waals surface area contributed by atoms with E-state index in [4.69, 9.17) is 15.2 Å². The Kier molecular flexibility index (Phi) is 5.31. The van der Waals surface area contributed by atoms with Gasteiger partial charge in [0.25, 0.3) is 5.91 Å². The predicted octanol–water partition coefficient (Wildman–Crippen LogP) is 4.06. The van der Waals surface area contributed by atoms with Crippen LogP contribution < -0.4 is 15.2 Å². The number of fused-ring (bicyclic) bond motifs is 1. The lowest BCUT2D eigenvalue weighted by atomic mass is 10.1. The molecule has 6 heteroatoms. The first-order valence-corrected chi connectivity index (χ1v) is 8.08. The van der Waals surface area contributed by atoms with Crippen LogP contribution in [0.1, 0.15) is 16.8 Å². The summed E-state index contributed by atoms with van der Waals surface area (Å²) in [6.07, 6.45) is 0.482. The second-order valence-electron chi connectivity index (χ2n) is 5.66. The van der Waals surface area contributed by atoms with E-state index < -0.39 is 23.1 Å². The fraction of sp³-hybridized carbons (Fsp3) is 0.150. The zero-order valence-electron chi connectivity index (χ0n) is 13.9. The van der Waals surface area contributed by atoms with Gasteiger partial charge in [0.05, 0.1) is 13.2 Å². The van der Waals surface area contributed by atoms with Crippen molar-refractivity contribution in [2.75, 3.05) is 13.2 Å². The summed E-state index contributed by atoms with van der Waals surface area (Å²) >= 11 is 0. The summed E-state index contributed by atoms with van der Waals surface area (Å²) in [4.78, 5) is 11.1. The maximum absolute atomic E-state index is 14.0. The highest BCUT2D eigenvalue weighted by Crippen LogP contribution is 2.23. The zero-order chi connectivity index (χ0) is 18.5. The van der Waals surface area contributed by atoms with Gasteiger partial charge in [0.2, 0.25) is 0 Å².